The van der Waals surface area contributed by atoms with Gasteiger partial charge in [-0.3, -0.25) is 10.00 Å². The SMILES string of the molecule is OC(CN1CCOCC1)c1ccc(-c2ccc(-c3ccn[nH]3)cc2)cc1. The number of benzene rings is 2. The smallest absolute Gasteiger partial charge is 0.0916 e. The van der Waals surface area contributed by atoms with Crippen molar-refractivity contribution in [1.29, 1.82) is 0 Å². The number of rotatable bonds is 5. The molecule has 4 rings (SSSR count). The summed E-state index contributed by atoms with van der Waals surface area (Å²) in [5.41, 5.74) is 5.38. The zero-order valence-electron chi connectivity index (χ0n) is 14.6. The Morgan fingerprint density at radius 2 is 1.54 bits per heavy atom. The van der Waals surface area contributed by atoms with Crippen LogP contribution in [0.5, 0.6) is 0 Å². The highest BCUT2D eigenvalue weighted by molar-refractivity contribution is 5.68. The van der Waals surface area contributed by atoms with Crippen molar-refractivity contribution in [2.75, 3.05) is 32.8 Å². The van der Waals surface area contributed by atoms with E-state index in [1.165, 1.54) is 0 Å². The molecule has 2 aromatic carbocycles. The third-order valence-electron chi connectivity index (χ3n) is 4.86. The normalized spacial score (nSPS) is 16.5. The zero-order chi connectivity index (χ0) is 17.8. The number of aliphatic hydroxyl groups is 1. The molecule has 1 unspecified atom stereocenters. The fraction of sp³-hybridized carbons (Fsp3) is 0.286. The summed E-state index contributed by atoms with van der Waals surface area (Å²) in [6, 6.07) is 18.5. The molecule has 0 radical (unpaired) electrons. The minimum atomic E-state index is -0.468. The summed E-state index contributed by atoms with van der Waals surface area (Å²) in [5.74, 6) is 0. The molecule has 0 spiro atoms. The van der Waals surface area contributed by atoms with E-state index in [2.05, 4.69) is 51.5 Å². The van der Waals surface area contributed by atoms with Gasteiger partial charge in [0.2, 0.25) is 0 Å². The Labute approximate surface area is 153 Å². The van der Waals surface area contributed by atoms with Crippen molar-refractivity contribution >= 4 is 0 Å². The van der Waals surface area contributed by atoms with Gasteiger partial charge in [-0.25, -0.2) is 0 Å². The van der Waals surface area contributed by atoms with E-state index >= 15 is 0 Å². The predicted octanol–water partition coefficient (Wildman–Crippen LogP) is 3.11. The first-order valence-electron chi connectivity index (χ1n) is 8.98. The fourth-order valence-electron chi connectivity index (χ4n) is 3.29. The van der Waals surface area contributed by atoms with Crippen molar-refractivity contribution in [1.82, 2.24) is 15.1 Å². The Kier molecular flexibility index (Phi) is 5.11. The molecule has 1 fully saturated rings. The molecule has 1 aromatic heterocycles. The number of hydrogen-bond donors (Lipinski definition) is 2. The van der Waals surface area contributed by atoms with Gasteiger partial charge >= 0.3 is 0 Å². The molecular formula is C21H23N3O2. The number of H-pyrrole nitrogens is 1. The van der Waals surface area contributed by atoms with E-state index in [0.717, 1.165) is 54.3 Å². The van der Waals surface area contributed by atoms with Gasteiger partial charge in [-0.15, -0.1) is 0 Å². The number of nitrogens with zero attached hydrogens (tertiary/aromatic N) is 2. The molecule has 1 aliphatic rings. The van der Waals surface area contributed by atoms with Gasteiger partial charge in [-0.05, 0) is 28.3 Å². The van der Waals surface area contributed by atoms with Crippen LogP contribution in [0.1, 0.15) is 11.7 Å². The van der Waals surface area contributed by atoms with Gasteiger partial charge in [-0.1, -0.05) is 48.5 Å². The van der Waals surface area contributed by atoms with Crippen molar-refractivity contribution < 1.29 is 9.84 Å². The molecule has 2 N–H and O–H groups in total. The van der Waals surface area contributed by atoms with E-state index in [4.69, 9.17) is 4.74 Å². The lowest BCUT2D eigenvalue weighted by atomic mass is 10.00. The average Bonchev–Trinajstić information content (AvgIpc) is 3.24. The van der Waals surface area contributed by atoms with E-state index in [-0.39, 0.29) is 0 Å². The van der Waals surface area contributed by atoms with Crippen LogP contribution in [0.25, 0.3) is 22.4 Å². The van der Waals surface area contributed by atoms with Crippen molar-refractivity contribution in [3.8, 4) is 22.4 Å². The van der Waals surface area contributed by atoms with Gasteiger partial charge in [0.25, 0.3) is 0 Å². The Morgan fingerprint density at radius 3 is 2.15 bits per heavy atom. The van der Waals surface area contributed by atoms with Crippen molar-refractivity contribution in [3.05, 3.63) is 66.4 Å². The van der Waals surface area contributed by atoms with Gasteiger partial charge in [0.15, 0.2) is 0 Å². The van der Waals surface area contributed by atoms with Crippen molar-refractivity contribution in [3.63, 3.8) is 0 Å². The lowest BCUT2D eigenvalue weighted by Crippen LogP contribution is -2.38. The van der Waals surface area contributed by atoms with Gasteiger partial charge in [0, 0.05) is 25.8 Å². The molecule has 5 nitrogen and oxygen atoms in total. The Morgan fingerprint density at radius 1 is 0.923 bits per heavy atom. The number of aliphatic hydroxyl groups excluding tert-OH is 1. The molecule has 134 valence electrons. The molecule has 26 heavy (non-hydrogen) atoms. The third kappa shape index (κ3) is 3.85. The topological polar surface area (TPSA) is 61.4 Å². The molecule has 5 heteroatoms. The van der Waals surface area contributed by atoms with Crippen LogP contribution in [-0.4, -0.2) is 53.1 Å². The fourth-order valence-corrected chi connectivity index (χ4v) is 3.29. The van der Waals surface area contributed by atoms with Crippen LogP contribution in [0.3, 0.4) is 0 Å². The second kappa shape index (κ2) is 7.83. The zero-order valence-corrected chi connectivity index (χ0v) is 14.6. The molecule has 0 saturated carbocycles. The highest BCUT2D eigenvalue weighted by Gasteiger charge is 2.16. The molecule has 0 aliphatic carbocycles. The largest absolute Gasteiger partial charge is 0.387 e. The van der Waals surface area contributed by atoms with Crippen molar-refractivity contribution in [2.45, 2.75) is 6.10 Å². The average molecular weight is 349 g/mol. The molecule has 1 aliphatic heterocycles. The number of hydrogen-bond acceptors (Lipinski definition) is 4. The van der Waals surface area contributed by atoms with Crippen LogP contribution < -0.4 is 0 Å². The number of morpholine rings is 1. The van der Waals surface area contributed by atoms with E-state index in [1.54, 1.807) is 6.20 Å². The molecular weight excluding hydrogens is 326 g/mol. The van der Waals surface area contributed by atoms with E-state index in [1.807, 2.05) is 18.2 Å². The standard InChI is InChI=1S/C21H23N3O2/c25-21(15-24-11-13-26-14-12-24)19-7-3-17(4-8-19)16-1-5-18(6-2-16)20-9-10-22-23-20/h1-10,21,25H,11-15H2,(H,22,23). The summed E-state index contributed by atoms with van der Waals surface area (Å²) in [7, 11) is 0. The number of ether oxygens (including phenoxy) is 1. The lowest BCUT2D eigenvalue weighted by Gasteiger charge is -2.28. The Hall–Kier alpha value is -2.47. The van der Waals surface area contributed by atoms with Gasteiger partial charge in [0.05, 0.1) is 25.0 Å². The van der Waals surface area contributed by atoms with Gasteiger partial charge in [-0.2, -0.15) is 5.10 Å². The highest BCUT2D eigenvalue weighted by Crippen LogP contribution is 2.25. The Bertz CT molecular complexity index is 807. The molecule has 0 amide bonds. The van der Waals surface area contributed by atoms with Crippen LogP contribution in [0.15, 0.2) is 60.8 Å². The van der Waals surface area contributed by atoms with Crippen LogP contribution >= 0.6 is 0 Å². The van der Waals surface area contributed by atoms with Gasteiger partial charge in [0.1, 0.15) is 0 Å². The molecule has 3 aromatic rings. The second-order valence-corrected chi connectivity index (χ2v) is 6.60. The summed E-state index contributed by atoms with van der Waals surface area (Å²) in [6.07, 6.45) is 1.29. The second-order valence-electron chi connectivity index (χ2n) is 6.60. The Balaban J connectivity index is 1.43. The number of β-amino-alcohol motifs (C(OH)–C–C–N with tert-alkyl or cyclic N) is 1. The van der Waals surface area contributed by atoms with E-state index < -0.39 is 6.10 Å². The van der Waals surface area contributed by atoms with Crippen LogP contribution in [-0.2, 0) is 4.74 Å². The van der Waals surface area contributed by atoms with Crippen molar-refractivity contribution in [2.24, 2.45) is 0 Å². The van der Waals surface area contributed by atoms with E-state index in [9.17, 15) is 5.11 Å². The molecule has 1 saturated heterocycles. The first-order chi connectivity index (χ1) is 12.8. The maximum absolute atomic E-state index is 10.5. The molecule has 1 atom stereocenters. The van der Waals surface area contributed by atoms with Crippen LogP contribution in [0, 0.1) is 0 Å². The summed E-state index contributed by atoms with van der Waals surface area (Å²) in [6.45, 7) is 3.93. The lowest BCUT2D eigenvalue weighted by molar-refractivity contribution is 0.0143. The maximum atomic E-state index is 10.5. The minimum Gasteiger partial charge on any atom is -0.387 e. The van der Waals surface area contributed by atoms with Gasteiger partial charge < -0.3 is 9.84 Å². The summed E-state index contributed by atoms with van der Waals surface area (Å²) < 4.78 is 5.35. The summed E-state index contributed by atoms with van der Waals surface area (Å²) in [4.78, 5) is 2.25. The van der Waals surface area contributed by atoms with Crippen LogP contribution in [0.2, 0.25) is 0 Å². The number of aromatic nitrogens is 2. The van der Waals surface area contributed by atoms with Crippen LogP contribution in [0.4, 0.5) is 0 Å². The maximum Gasteiger partial charge on any atom is 0.0916 e. The number of nitrogens with one attached hydrogen (secondary N) is 1. The monoisotopic (exact) mass is 349 g/mol. The predicted molar refractivity (Wildman–Crippen MR) is 102 cm³/mol. The third-order valence-corrected chi connectivity index (χ3v) is 4.86. The quantitative estimate of drug-likeness (QED) is 0.743. The first kappa shape index (κ1) is 17.0. The molecule has 0 bridgehead atoms. The first-order valence-corrected chi connectivity index (χ1v) is 8.98. The number of aromatic amines is 1. The molecule has 2 heterocycles. The minimum absolute atomic E-state index is 0.468. The highest BCUT2D eigenvalue weighted by atomic mass is 16.5. The van der Waals surface area contributed by atoms with E-state index in [0.29, 0.717) is 6.54 Å². The summed E-state index contributed by atoms with van der Waals surface area (Å²) in [5, 5.41) is 17.4. The summed E-state index contributed by atoms with van der Waals surface area (Å²) >= 11 is 0.